The van der Waals surface area contributed by atoms with E-state index in [4.69, 9.17) is 9.47 Å². The maximum absolute atomic E-state index is 12.2. The fraction of sp³-hybridized carbons (Fsp3) is 0.333. The molecule has 2 aromatic rings. The summed E-state index contributed by atoms with van der Waals surface area (Å²) in [6, 6.07) is 14.5. The van der Waals surface area contributed by atoms with Crippen LogP contribution in [0.4, 0.5) is 0 Å². The van der Waals surface area contributed by atoms with E-state index in [-0.39, 0.29) is 11.7 Å². The van der Waals surface area contributed by atoms with Crippen molar-refractivity contribution >= 4 is 11.7 Å². The summed E-state index contributed by atoms with van der Waals surface area (Å²) in [7, 11) is 1.55. The maximum Gasteiger partial charge on any atom is 0.255 e. The Hall–Kier alpha value is -2.86. The third-order valence-electron chi connectivity index (χ3n) is 4.46. The van der Waals surface area contributed by atoms with Gasteiger partial charge in [0, 0.05) is 13.1 Å². The van der Waals surface area contributed by atoms with E-state index in [9.17, 15) is 9.59 Å². The number of fused-ring (bicyclic) bond motifs is 1. The molecule has 1 aliphatic rings. The first kappa shape index (κ1) is 18.9. The van der Waals surface area contributed by atoms with E-state index < -0.39 is 6.10 Å². The normalized spacial score (nSPS) is 15.1. The second kappa shape index (κ2) is 9.19. The van der Waals surface area contributed by atoms with Crippen LogP contribution >= 0.6 is 0 Å². The molecular formula is C21H24N2O4. The molecule has 3 rings (SSSR count). The number of carbonyl (C=O) groups excluding carboxylic acids is 2. The van der Waals surface area contributed by atoms with Gasteiger partial charge in [0.25, 0.3) is 5.91 Å². The smallest absolute Gasteiger partial charge is 0.255 e. The van der Waals surface area contributed by atoms with Crippen LogP contribution in [0.1, 0.15) is 33.6 Å². The van der Waals surface area contributed by atoms with E-state index in [2.05, 4.69) is 10.6 Å². The lowest BCUT2D eigenvalue weighted by atomic mass is 10.1. The van der Waals surface area contributed by atoms with Crippen molar-refractivity contribution in [3.63, 3.8) is 0 Å². The number of hydrogen-bond donors (Lipinski definition) is 2. The van der Waals surface area contributed by atoms with Crippen LogP contribution in [0.25, 0.3) is 0 Å². The molecule has 0 aromatic heterocycles. The van der Waals surface area contributed by atoms with Crippen molar-refractivity contribution in [1.29, 1.82) is 0 Å². The molecular weight excluding hydrogens is 344 g/mol. The van der Waals surface area contributed by atoms with E-state index in [1.54, 1.807) is 25.3 Å². The first-order valence-corrected chi connectivity index (χ1v) is 9.12. The Morgan fingerprint density at radius 2 is 1.81 bits per heavy atom. The van der Waals surface area contributed by atoms with Crippen LogP contribution in [0.5, 0.6) is 11.5 Å². The number of nitrogens with one attached hydrogen (secondary N) is 2. The Labute approximate surface area is 158 Å². The van der Waals surface area contributed by atoms with Crippen molar-refractivity contribution < 1.29 is 19.1 Å². The number of methoxy groups -OCH3 is 1. The molecule has 1 aliphatic heterocycles. The molecule has 6 nitrogen and oxygen atoms in total. The number of rotatable bonds is 9. The topological polar surface area (TPSA) is 76.7 Å². The van der Waals surface area contributed by atoms with Crippen LogP contribution in [0.2, 0.25) is 0 Å². The predicted molar refractivity (Wildman–Crippen MR) is 103 cm³/mol. The zero-order valence-corrected chi connectivity index (χ0v) is 15.4. The molecule has 1 amide bonds. The van der Waals surface area contributed by atoms with Gasteiger partial charge in [-0.05, 0) is 43.7 Å². The lowest BCUT2D eigenvalue weighted by Crippen LogP contribution is -2.34. The molecule has 0 bridgehead atoms. The molecule has 2 N–H and O–H groups in total. The van der Waals surface area contributed by atoms with E-state index in [0.29, 0.717) is 35.7 Å². The van der Waals surface area contributed by atoms with Gasteiger partial charge >= 0.3 is 0 Å². The highest BCUT2D eigenvalue weighted by Gasteiger charge is 2.31. The molecule has 0 spiro atoms. The molecule has 1 heterocycles. The quantitative estimate of drug-likeness (QED) is 0.665. The van der Waals surface area contributed by atoms with Crippen LogP contribution in [0, 0.1) is 0 Å². The fourth-order valence-corrected chi connectivity index (χ4v) is 3.03. The molecule has 0 aliphatic carbocycles. The summed E-state index contributed by atoms with van der Waals surface area (Å²) in [5, 5.41) is 6.15. The minimum Gasteiger partial charge on any atom is -0.496 e. The lowest BCUT2D eigenvalue weighted by molar-refractivity contribution is 0.0856. The van der Waals surface area contributed by atoms with Crippen LogP contribution in [-0.4, -0.2) is 44.5 Å². The van der Waals surface area contributed by atoms with Crippen LogP contribution in [-0.2, 0) is 0 Å². The Morgan fingerprint density at radius 3 is 2.63 bits per heavy atom. The minimum absolute atomic E-state index is 0.0298. The minimum atomic E-state index is -0.451. The third-order valence-corrected chi connectivity index (χ3v) is 4.46. The molecule has 142 valence electrons. The number of carbonyl (C=O) groups is 2. The molecule has 0 radical (unpaired) electrons. The average Bonchev–Trinajstić information content (AvgIpc) is 3.03. The standard InChI is InChI=1S/C21H24N2O4/c1-26-17-10-4-3-9-16(17)21(25)23-13-7-6-12-22-14-19-20(24)15-8-2-5-11-18(15)27-19/h2-5,8-11,19,22H,6-7,12-14H2,1H3,(H,23,25). The Balaban J connectivity index is 1.30. The second-order valence-corrected chi connectivity index (χ2v) is 6.33. The Kier molecular flexibility index (Phi) is 6.44. The van der Waals surface area contributed by atoms with Crippen LogP contribution in [0.15, 0.2) is 48.5 Å². The Bertz CT molecular complexity index is 806. The summed E-state index contributed by atoms with van der Waals surface area (Å²) in [6.07, 6.45) is 1.28. The highest BCUT2D eigenvalue weighted by Crippen LogP contribution is 2.27. The number of ketones is 1. The molecule has 0 saturated carbocycles. The van der Waals surface area contributed by atoms with Gasteiger partial charge in [0.05, 0.1) is 18.2 Å². The molecule has 0 saturated heterocycles. The fourth-order valence-electron chi connectivity index (χ4n) is 3.03. The zero-order valence-electron chi connectivity index (χ0n) is 15.4. The summed E-state index contributed by atoms with van der Waals surface area (Å²) < 4.78 is 10.9. The largest absolute Gasteiger partial charge is 0.496 e. The van der Waals surface area contributed by atoms with E-state index >= 15 is 0 Å². The molecule has 1 atom stereocenters. The Morgan fingerprint density at radius 1 is 1.07 bits per heavy atom. The van der Waals surface area contributed by atoms with Gasteiger partial charge in [0.15, 0.2) is 6.10 Å². The SMILES string of the molecule is COc1ccccc1C(=O)NCCCCNCC1Oc2ccccc2C1=O. The van der Waals surface area contributed by atoms with Crippen LogP contribution in [0.3, 0.4) is 0 Å². The zero-order chi connectivity index (χ0) is 19.1. The number of amides is 1. The number of hydrogen-bond acceptors (Lipinski definition) is 5. The summed E-state index contributed by atoms with van der Waals surface area (Å²) >= 11 is 0. The molecule has 2 aromatic carbocycles. The highest BCUT2D eigenvalue weighted by atomic mass is 16.5. The number of para-hydroxylation sites is 2. The van der Waals surface area contributed by atoms with Crippen molar-refractivity contribution in [2.75, 3.05) is 26.7 Å². The van der Waals surface area contributed by atoms with Gasteiger partial charge in [-0.25, -0.2) is 0 Å². The van der Waals surface area contributed by atoms with Gasteiger partial charge in [-0.3, -0.25) is 9.59 Å². The average molecular weight is 368 g/mol. The van der Waals surface area contributed by atoms with Gasteiger partial charge in [-0.1, -0.05) is 24.3 Å². The number of ether oxygens (including phenoxy) is 2. The van der Waals surface area contributed by atoms with Crippen LogP contribution < -0.4 is 20.1 Å². The van der Waals surface area contributed by atoms with Crippen molar-refractivity contribution in [3.8, 4) is 11.5 Å². The van der Waals surface area contributed by atoms with Gasteiger partial charge in [-0.2, -0.15) is 0 Å². The molecule has 0 fully saturated rings. The van der Waals surface area contributed by atoms with Crippen molar-refractivity contribution in [2.24, 2.45) is 0 Å². The van der Waals surface area contributed by atoms with Gasteiger partial charge in [0.2, 0.25) is 5.78 Å². The van der Waals surface area contributed by atoms with Gasteiger partial charge in [0.1, 0.15) is 11.5 Å². The van der Waals surface area contributed by atoms with E-state index in [0.717, 1.165) is 19.4 Å². The molecule has 1 unspecified atom stereocenters. The number of Topliss-reactive ketones (excluding diaryl/α,β-unsaturated/α-hetero) is 1. The highest BCUT2D eigenvalue weighted by molar-refractivity contribution is 6.04. The van der Waals surface area contributed by atoms with E-state index in [1.165, 1.54) is 0 Å². The summed E-state index contributed by atoms with van der Waals surface area (Å²) in [6.45, 7) is 1.83. The van der Waals surface area contributed by atoms with Gasteiger partial charge in [-0.15, -0.1) is 0 Å². The third kappa shape index (κ3) is 4.65. The van der Waals surface area contributed by atoms with Crippen molar-refractivity contribution in [2.45, 2.75) is 18.9 Å². The summed E-state index contributed by atoms with van der Waals surface area (Å²) in [4.78, 5) is 24.4. The number of benzene rings is 2. The monoisotopic (exact) mass is 368 g/mol. The molecule has 27 heavy (non-hydrogen) atoms. The molecule has 6 heteroatoms. The van der Waals surface area contributed by atoms with E-state index in [1.807, 2.05) is 30.3 Å². The van der Waals surface area contributed by atoms with Gasteiger partial charge < -0.3 is 20.1 Å². The summed E-state index contributed by atoms with van der Waals surface area (Å²) in [5.41, 5.74) is 1.19. The first-order chi connectivity index (χ1) is 13.2. The van der Waals surface area contributed by atoms with Crippen molar-refractivity contribution in [1.82, 2.24) is 10.6 Å². The maximum atomic E-state index is 12.2. The number of unbranched alkanes of at least 4 members (excludes halogenated alkanes) is 1. The first-order valence-electron chi connectivity index (χ1n) is 9.12. The second-order valence-electron chi connectivity index (χ2n) is 6.33. The predicted octanol–water partition coefficient (Wildman–Crippen LogP) is 2.44. The summed E-state index contributed by atoms with van der Waals surface area (Å²) in [5.74, 6) is 1.12. The van der Waals surface area contributed by atoms with Crippen molar-refractivity contribution in [3.05, 3.63) is 59.7 Å². The lowest BCUT2D eigenvalue weighted by Gasteiger charge is -2.11.